The van der Waals surface area contributed by atoms with Gasteiger partial charge in [-0.05, 0) is 56.9 Å². The lowest BCUT2D eigenvalue weighted by atomic mass is 10.0. The third-order valence-corrected chi connectivity index (χ3v) is 3.90. The van der Waals surface area contributed by atoms with E-state index in [-0.39, 0.29) is 6.09 Å². The highest BCUT2D eigenvalue weighted by molar-refractivity contribution is 5.68. The highest BCUT2D eigenvalue weighted by Crippen LogP contribution is 2.41. The first-order valence-corrected chi connectivity index (χ1v) is 6.88. The van der Waals surface area contributed by atoms with Gasteiger partial charge in [0.15, 0.2) is 0 Å². The van der Waals surface area contributed by atoms with E-state index in [1.54, 1.807) is 0 Å². The summed E-state index contributed by atoms with van der Waals surface area (Å²) in [6, 6.07) is 0. The molecule has 0 N–H and O–H groups in total. The highest BCUT2D eigenvalue weighted by atomic mass is 16.6. The van der Waals surface area contributed by atoms with Gasteiger partial charge in [-0.1, -0.05) is 5.11 Å². The van der Waals surface area contributed by atoms with Gasteiger partial charge in [0.1, 0.15) is 5.60 Å². The SMILES string of the molecule is CC(C)(C)OC(=O)N1CC2CC(CN=[N+]=[N-])CC2C1. The van der Waals surface area contributed by atoms with E-state index in [2.05, 4.69) is 10.0 Å². The van der Waals surface area contributed by atoms with Gasteiger partial charge in [0.05, 0.1) is 0 Å². The first kappa shape index (κ1) is 14.0. The molecule has 1 saturated carbocycles. The number of carbonyl (C=O) groups is 1. The molecule has 2 aliphatic rings. The van der Waals surface area contributed by atoms with E-state index in [4.69, 9.17) is 10.3 Å². The Kier molecular flexibility index (Phi) is 3.90. The Balaban J connectivity index is 1.84. The van der Waals surface area contributed by atoms with Crippen LogP contribution in [0.3, 0.4) is 0 Å². The van der Waals surface area contributed by atoms with Crippen molar-refractivity contribution in [3.8, 4) is 0 Å². The highest BCUT2D eigenvalue weighted by Gasteiger charge is 2.42. The Bertz CT molecular complexity index is 384. The molecule has 0 bridgehead atoms. The zero-order valence-electron chi connectivity index (χ0n) is 11.9. The molecule has 2 fully saturated rings. The van der Waals surface area contributed by atoms with E-state index in [1.807, 2.05) is 25.7 Å². The number of fused-ring (bicyclic) bond motifs is 1. The van der Waals surface area contributed by atoms with E-state index in [1.165, 1.54) is 0 Å². The Labute approximate surface area is 113 Å². The molecular formula is C13H22N4O2. The van der Waals surface area contributed by atoms with Crippen molar-refractivity contribution >= 4 is 6.09 Å². The Morgan fingerprint density at radius 1 is 1.37 bits per heavy atom. The summed E-state index contributed by atoms with van der Waals surface area (Å²) < 4.78 is 5.40. The minimum Gasteiger partial charge on any atom is -0.444 e. The van der Waals surface area contributed by atoms with E-state index < -0.39 is 5.60 Å². The summed E-state index contributed by atoms with van der Waals surface area (Å²) in [5.74, 6) is 1.59. The number of rotatable bonds is 2. The molecule has 1 aliphatic carbocycles. The van der Waals surface area contributed by atoms with Crippen LogP contribution < -0.4 is 0 Å². The van der Waals surface area contributed by atoms with Crippen LogP contribution in [0.1, 0.15) is 33.6 Å². The minimum atomic E-state index is -0.432. The van der Waals surface area contributed by atoms with Gasteiger partial charge < -0.3 is 9.64 Å². The molecule has 0 spiro atoms. The standard InChI is InChI=1S/C13H22N4O2/c1-13(2,3)19-12(18)17-7-10-4-9(6-15-16-14)5-11(10)8-17/h9-11H,4-8H2,1-3H3. The fraction of sp³-hybridized carbons (Fsp3) is 0.923. The lowest BCUT2D eigenvalue weighted by Crippen LogP contribution is -2.36. The molecule has 2 rings (SSSR count). The molecule has 19 heavy (non-hydrogen) atoms. The van der Waals surface area contributed by atoms with Crippen molar-refractivity contribution in [1.82, 2.24) is 4.90 Å². The molecule has 1 aliphatic heterocycles. The monoisotopic (exact) mass is 266 g/mol. The normalized spacial score (nSPS) is 29.8. The van der Waals surface area contributed by atoms with Gasteiger partial charge in [0, 0.05) is 24.5 Å². The largest absolute Gasteiger partial charge is 0.444 e. The predicted molar refractivity (Wildman–Crippen MR) is 71.5 cm³/mol. The topological polar surface area (TPSA) is 78.3 Å². The van der Waals surface area contributed by atoms with Crippen molar-refractivity contribution in [2.24, 2.45) is 22.9 Å². The van der Waals surface area contributed by atoms with E-state index in [0.717, 1.165) is 25.9 Å². The van der Waals surface area contributed by atoms with Crippen molar-refractivity contribution in [3.63, 3.8) is 0 Å². The molecule has 0 aromatic heterocycles. The minimum absolute atomic E-state index is 0.200. The average Bonchev–Trinajstić information content (AvgIpc) is 2.81. The summed E-state index contributed by atoms with van der Waals surface area (Å²) in [6.45, 7) is 7.82. The van der Waals surface area contributed by atoms with Gasteiger partial charge in [0.25, 0.3) is 0 Å². The second-order valence-electron chi connectivity index (χ2n) is 6.66. The maximum Gasteiger partial charge on any atom is 0.410 e. The number of ether oxygens (including phenoxy) is 1. The first-order chi connectivity index (χ1) is 8.89. The van der Waals surface area contributed by atoms with Crippen LogP contribution in [0.4, 0.5) is 4.79 Å². The van der Waals surface area contributed by atoms with Crippen molar-refractivity contribution in [3.05, 3.63) is 10.4 Å². The quantitative estimate of drug-likeness (QED) is 0.437. The average molecular weight is 266 g/mol. The number of hydrogen-bond donors (Lipinski definition) is 0. The lowest BCUT2D eigenvalue weighted by molar-refractivity contribution is 0.0278. The summed E-state index contributed by atoms with van der Waals surface area (Å²) in [6.07, 6.45) is 1.92. The van der Waals surface area contributed by atoms with Crippen LogP contribution in [-0.4, -0.2) is 36.2 Å². The van der Waals surface area contributed by atoms with Crippen LogP contribution in [0, 0.1) is 17.8 Å². The van der Waals surface area contributed by atoms with E-state index in [9.17, 15) is 4.79 Å². The molecule has 6 nitrogen and oxygen atoms in total. The van der Waals surface area contributed by atoms with Crippen LogP contribution in [-0.2, 0) is 4.74 Å². The number of likely N-dealkylation sites (tertiary alicyclic amines) is 1. The fourth-order valence-corrected chi connectivity index (χ4v) is 3.20. The molecule has 0 aromatic rings. The zero-order valence-corrected chi connectivity index (χ0v) is 11.9. The van der Waals surface area contributed by atoms with Gasteiger partial charge in [-0.2, -0.15) is 0 Å². The maximum atomic E-state index is 12.0. The van der Waals surface area contributed by atoms with Gasteiger partial charge in [-0.15, -0.1) is 0 Å². The summed E-state index contributed by atoms with van der Waals surface area (Å²) in [5, 5.41) is 3.66. The summed E-state index contributed by atoms with van der Waals surface area (Å²) in [7, 11) is 0. The summed E-state index contributed by atoms with van der Waals surface area (Å²) >= 11 is 0. The fourth-order valence-electron chi connectivity index (χ4n) is 3.20. The van der Waals surface area contributed by atoms with Crippen molar-refractivity contribution in [1.29, 1.82) is 0 Å². The Morgan fingerprint density at radius 2 is 1.95 bits per heavy atom. The van der Waals surface area contributed by atoms with Gasteiger partial charge in [-0.3, -0.25) is 0 Å². The molecule has 1 amide bonds. The van der Waals surface area contributed by atoms with Crippen LogP contribution >= 0.6 is 0 Å². The molecule has 0 aromatic carbocycles. The second-order valence-corrected chi connectivity index (χ2v) is 6.66. The smallest absolute Gasteiger partial charge is 0.410 e. The number of hydrogen-bond acceptors (Lipinski definition) is 3. The number of carbonyl (C=O) groups excluding carboxylic acids is 1. The van der Waals surface area contributed by atoms with Gasteiger partial charge in [-0.25, -0.2) is 4.79 Å². The Hall–Kier alpha value is -1.42. The summed E-state index contributed by atoms with van der Waals surface area (Å²) in [5.41, 5.74) is 7.91. The molecule has 2 unspecified atom stereocenters. The van der Waals surface area contributed by atoms with Gasteiger partial charge >= 0.3 is 6.09 Å². The summed E-state index contributed by atoms with van der Waals surface area (Å²) in [4.78, 5) is 16.6. The second kappa shape index (κ2) is 5.29. The van der Waals surface area contributed by atoms with Crippen LogP contribution in [0.5, 0.6) is 0 Å². The molecule has 6 heteroatoms. The van der Waals surface area contributed by atoms with E-state index >= 15 is 0 Å². The number of azide groups is 1. The van der Waals surface area contributed by atoms with Gasteiger partial charge in [0.2, 0.25) is 0 Å². The predicted octanol–water partition coefficient (Wildman–Crippen LogP) is 3.19. The van der Waals surface area contributed by atoms with Crippen LogP contribution in [0.15, 0.2) is 5.11 Å². The zero-order chi connectivity index (χ0) is 14.0. The van der Waals surface area contributed by atoms with Crippen molar-refractivity contribution < 1.29 is 9.53 Å². The molecule has 2 atom stereocenters. The van der Waals surface area contributed by atoms with Crippen molar-refractivity contribution in [2.45, 2.75) is 39.2 Å². The first-order valence-electron chi connectivity index (χ1n) is 6.88. The lowest BCUT2D eigenvalue weighted by Gasteiger charge is -2.25. The third-order valence-electron chi connectivity index (χ3n) is 3.90. The van der Waals surface area contributed by atoms with Crippen LogP contribution in [0.2, 0.25) is 0 Å². The number of amides is 1. The molecule has 0 radical (unpaired) electrons. The third kappa shape index (κ3) is 3.53. The molecule has 106 valence electrons. The molecule has 1 saturated heterocycles. The molecule has 1 heterocycles. The Morgan fingerprint density at radius 3 is 2.42 bits per heavy atom. The number of nitrogens with zero attached hydrogens (tertiary/aromatic N) is 4. The maximum absolute atomic E-state index is 12.0. The van der Waals surface area contributed by atoms with Crippen LogP contribution in [0.25, 0.3) is 10.4 Å². The van der Waals surface area contributed by atoms with E-state index in [0.29, 0.717) is 24.3 Å². The van der Waals surface area contributed by atoms with Crippen molar-refractivity contribution in [2.75, 3.05) is 19.6 Å². The molecular weight excluding hydrogens is 244 g/mol.